The number of benzene rings is 2. The molecular formula is C23H21N5O. The number of fused-ring (bicyclic) bond motifs is 1. The molecule has 0 aliphatic heterocycles. The molecule has 0 bridgehead atoms. The van der Waals surface area contributed by atoms with Crippen molar-refractivity contribution >= 4 is 34.1 Å². The number of nitrogens with zero attached hydrogens (tertiary/aromatic N) is 3. The molecule has 0 saturated heterocycles. The van der Waals surface area contributed by atoms with E-state index in [9.17, 15) is 4.79 Å². The standard InChI is InChI=1S/C23H21N5O/c1-14-10-15(2)20(16(3)11-14)28-23-25-12-18(13-26-23)22(29)27-19-8-4-6-17-7-5-9-24-21(17)19/h4-13H,1-3H3,(H,27,29)(H,25,26,28). The molecule has 1 amide bonds. The van der Waals surface area contributed by atoms with Crippen molar-refractivity contribution in [2.75, 3.05) is 10.6 Å². The summed E-state index contributed by atoms with van der Waals surface area (Å²) in [5.74, 6) is 0.167. The molecule has 6 nitrogen and oxygen atoms in total. The van der Waals surface area contributed by atoms with Crippen LogP contribution in [0.15, 0.2) is 61.1 Å². The molecular weight excluding hydrogens is 362 g/mol. The van der Waals surface area contributed by atoms with Gasteiger partial charge in [0.1, 0.15) is 0 Å². The fourth-order valence-corrected chi connectivity index (χ4v) is 3.40. The SMILES string of the molecule is Cc1cc(C)c(Nc2ncc(C(=O)Nc3cccc4cccnc34)cn2)c(C)c1. The van der Waals surface area contributed by atoms with E-state index >= 15 is 0 Å². The Kier molecular flexibility index (Phi) is 4.91. The van der Waals surface area contributed by atoms with Gasteiger partial charge in [0.15, 0.2) is 0 Å². The molecule has 29 heavy (non-hydrogen) atoms. The van der Waals surface area contributed by atoms with Crippen molar-refractivity contribution in [1.29, 1.82) is 0 Å². The number of para-hydroxylation sites is 1. The highest BCUT2D eigenvalue weighted by Gasteiger charge is 2.11. The number of amides is 1. The predicted molar refractivity (Wildman–Crippen MR) is 116 cm³/mol. The second-order valence-electron chi connectivity index (χ2n) is 7.03. The molecule has 0 unspecified atom stereocenters. The molecule has 0 aliphatic carbocycles. The zero-order chi connectivity index (χ0) is 20.4. The summed E-state index contributed by atoms with van der Waals surface area (Å²) >= 11 is 0. The van der Waals surface area contributed by atoms with E-state index in [4.69, 9.17) is 0 Å². The molecule has 2 N–H and O–H groups in total. The Hall–Kier alpha value is -3.80. The minimum Gasteiger partial charge on any atom is -0.324 e. The number of carbonyl (C=O) groups excluding carboxylic acids is 1. The van der Waals surface area contributed by atoms with E-state index in [1.165, 1.54) is 18.0 Å². The number of aryl methyl sites for hydroxylation is 3. The number of aromatic nitrogens is 3. The summed E-state index contributed by atoms with van der Waals surface area (Å²) in [4.78, 5) is 25.6. The number of nitrogens with one attached hydrogen (secondary N) is 2. The fraction of sp³-hybridized carbons (Fsp3) is 0.130. The lowest BCUT2D eigenvalue weighted by molar-refractivity contribution is 0.102. The summed E-state index contributed by atoms with van der Waals surface area (Å²) in [6, 6.07) is 13.7. The van der Waals surface area contributed by atoms with E-state index in [0.29, 0.717) is 17.2 Å². The summed E-state index contributed by atoms with van der Waals surface area (Å²) in [5, 5.41) is 7.10. The van der Waals surface area contributed by atoms with E-state index < -0.39 is 0 Å². The third kappa shape index (κ3) is 3.91. The van der Waals surface area contributed by atoms with Crippen LogP contribution >= 0.6 is 0 Å². The van der Waals surface area contributed by atoms with Gasteiger partial charge in [0, 0.05) is 29.7 Å². The van der Waals surface area contributed by atoms with Gasteiger partial charge >= 0.3 is 0 Å². The topological polar surface area (TPSA) is 79.8 Å². The number of hydrogen-bond acceptors (Lipinski definition) is 5. The van der Waals surface area contributed by atoms with Crippen LogP contribution in [-0.2, 0) is 0 Å². The van der Waals surface area contributed by atoms with E-state index in [1.54, 1.807) is 6.20 Å². The predicted octanol–water partition coefficient (Wildman–Crippen LogP) is 4.95. The van der Waals surface area contributed by atoms with Crippen molar-refractivity contribution in [2.45, 2.75) is 20.8 Å². The Morgan fingerprint density at radius 1 is 0.897 bits per heavy atom. The number of rotatable bonds is 4. The third-order valence-electron chi connectivity index (χ3n) is 4.71. The second-order valence-corrected chi connectivity index (χ2v) is 7.03. The van der Waals surface area contributed by atoms with Gasteiger partial charge in [-0.2, -0.15) is 0 Å². The molecule has 0 atom stereocenters. The van der Waals surface area contributed by atoms with Crippen molar-refractivity contribution in [3.63, 3.8) is 0 Å². The van der Waals surface area contributed by atoms with E-state index in [-0.39, 0.29) is 5.91 Å². The largest absolute Gasteiger partial charge is 0.324 e. The van der Waals surface area contributed by atoms with Gasteiger partial charge in [0.05, 0.1) is 16.8 Å². The van der Waals surface area contributed by atoms with Crippen LogP contribution in [0.1, 0.15) is 27.0 Å². The Bertz CT molecular complexity index is 1170. The molecule has 144 valence electrons. The molecule has 4 aromatic rings. The first-order valence-corrected chi connectivity index (χ1v) is 9.33. The molecule has 0 radical (unpaired) electrons. The highest BCUT2D eigenvalue weighted by atomic mass is 16.1. The molecule has 2 aromatic heterocycles. The monoisotopic (exact) mass is 383 g/mol. The number of carbonyl (C=O) groups is 1. The highest BCUT2D eigenvalue weighted by Crippen LogP contribution is 2.25. The molecule has 0 aliphatic rings. The van der Waals surface area contributed by atoms with Crippen LogP contribution in [0.5, 0.6) is 0 Å². The molecule has 6 heteroatoms. The quantitative estimate of drug-likeness (QED) is 0.521. The van der Waals surface area contributed by atoms with Crippen LogP contribution in [0.3, 0.4) is 0 Å². The van der Waals surface area contributed by atoms with Crippen LogP contribution in [0.25, 0.3) is 10.9 Å². The maximum atomic E-state index is 12.6. The van der Waals surface area contributed by atoms with Crippen LogP contribution in [-0.4, -0.2) is 20.9 Å². The van der Waals surface area contributed by atoms with Crippen molar-refractivity contribution in [3.05, 3.63) is 83.3 Å². The minimum absolute atomic E-state index is 0.280. The van der Waals surface area contributed by atoms with Crippen molar-refractivity contribution in [1.82, 2.24) is 15.0 Å². The maximum Gasteiger partial charge on any atom is 0.258 e. The summed E-state index contributed by atoms with van der Waals surface area (Å²) in [7, 11) is 0. The molecule has 0 fully saturated rings. The summed E-state index contributed by atoms with van der Waals surface area (Å²) in [5.41, 5.74) is 6.21. The van der Waals surface area contributed by atoms with Crippen LogP contribution in [0.2, 0.25) is 0 Å². The smallest absolute Gasteiger partial charge is 0.258 e. The maximum absolute atomic E-state index is 12.6. The van der Waals surface area contributed by atoms with Crippen LogP contribution in [0.4, 0.5) is 17.3 Å². The Balaban J connectivity index is 1.53. The molecule has 0 saturated carbocycles. The average molecular weight is 383 g/mol. The van der Waals surface area contributed by atoms with Gasteiger partial charge in [0.2, 0.25) is 5.95 Å². The first-order chi connectivity index (χ1) is 14.0. The van der Waals surface area contributed by atoms with Gasteiger partial charge in [-0.1, -0.05) is 35.9 Å². The van der Waals surface area contributed by atoms with Crippen LogP contribution < -0.4 is 10.6 Å². The normalized spacial score (nSPS) is 10.7. The second kappa shape index (κ2) is 7.67. The Morgan fingerprint density at radius 2 is 1.59 bits per heavy atom. The van der Waals surface area contributed by atoms with E-state index in [0.717, 1.165) is 27.7 Å². The summed E-state index contributed by atoms with van der Waals surface area (Å²) in [6.07, 6.45) is 4.74. The van der Waals surface area contributed by atoms with Crippen molar-refractivity contribution < 1.29 is 4.79 Å². The Morgan fingerprint density at radius 3 is 2.31 bits per heavy atom. The summed E-state index contributed by atoms with van der Waals surface area (Å²) in [6.45, 7) is 6.16. The van der Waals surface area contributed by atoms with Gasteiger partial charge < -0.3 is 10.6 Å². The zero-order valence-corrected chi connectivity index (χ0v) is 16.5. The van der Waals surface area contributed by atoms with E-state index in [2.05, 4.69) is 44.6 Å². The molecule has 2 aromatic carbocycles. The zero-order valence-electron chi connectivity index (χ0n) is 16.5. The van der Waals surface area contributed by atoms with Gasteiger partial charge in [0.25, 0.3) is 5.91 Å². The first kappa shape index (κ1) is 18.6. The van der Waals surface area contributed by atoms with Gasteiger partial charge in [-0.25, -0.2) is 9.97 Å². The first-order valence-electron chi connectivity index (χ1n) is 9.33. The summed E-state index contributed by atoms with van der Waals surface area (Å²) < 4.78 is 0. The third-order valence-corrected chi connectivity index (χ3v) is 4.71. The number of pyridine rings is 1. The molecule has 0 spiro atoms. The lowest BCUT2D eigenvalue weighted by Crippen LogP contribution is -2.13. The number of hydrogen-bond donors (Lipinski definition) is 2. The lowest BCUT2D eigenvalue weighted by atomic mass is 10.1. The van der Waals surface area contributed by atoms with Gasteiger partial charge in [-0.05, 0) is 44.0 Å². The average Bonchev–Trinajstić information content (AvgIpc) is 2.71. The molecule has 4 rings (SSSR count). The number of anilines is 3. The highest BCUT2D eigenvalue weighted by molar-refractivity contribution is 6.08. The van der Waals surface area contributed by atoms with Gasteiger partial charge in [-0.15, -0.1) is 0 Å². The van der Waals surface area contributed by atoms with Crippen molar-refractivity contribution in [3.8, 4) is 0 Å². The fourth-order valence-electron chi connectivity index (χ4n) is 3.40. The van der Waals surface area contributed by atoms with Crippen molar-refractivity contribution in [2.24, 2.45) is 0 Å². The lowest BCUT2D eigenvalue weighted by Gasteiger charge is -2.13. The van der Waals surface area contributed by atoms with Crippen LogP contribution in [0, 0.1) is 20.8 Å². The molecule has 2 heterocycles. The minimum atomic E-state index is -0.280. The van der Waals surface area contributed by atoms with E-state index in [1.807, 2.05) is 44.2 Å². The Labute approximate surface area is 169 Å². The van der Waals surface area contributed by atoms with Gasteiger partial charge in [-0.3, -0.25) is 9.78 Å².